The predicted octanol–water partition coefficient (Wildman–Crippen LogP) is 0.456. The molecular formula is C9H24NO7PS. The summed E-state index contributed by atoms with van der Waals surface area (Å²) in [6.45, 7) is 8.20. The van der Waals surface area contributed by atoms with Gasteiger partial charge in [-0.1, -0.05) is 13.8 Å². The third-order valence-electron chi connectivity index (χ3n) is 2.46. The fraction of sp³-hybridized carbons (Fsp3) is 1.00. The highest BCUT2D eigenvalue weighted by molar-refractivity contribution is 7.85. The summed E-state index contributed by atoms with van der Waals surface area (Å²) in [5.41, 5.74) is 0. The van der Waals surface area contributed by atoms with Crippen LogP contribution in [-0.2, 0) is 14.7 Å². The molecule has 10 heteroatoms. The van der Waals surface area contributed by atoms with Gasteiger partial charge in [0.05, 0.1) is 5.75 Å². The van der Waals surface area contributed by atoms with Crippen LogP contribution in [0.25, 0.3) is 0 Å². The van der Waals surface area contributed by atoms with Crippen LogP contribution in [0.15, 0.2) is 0 Å². The van der Waals surface area contributed by atoms with Gasteiger partial charge in [-0.25, -0.2) is 4.57 Å². The van der Waals surface area contributed by atoms with Gasteiger partial charge in [-0.3, -0.25) is 4.55 Å². The molecule has 8 nitrogen and oxygen atoms in total. The molecule has 0 rings (SSSR count). The van der Waals surface area contributed by atoms with Gasteiger partial charge in [-0.05, 0) is 32.9 Å². The number of phosphoric acid groups is 1. The summed E-state index contributed by atoms with van der Waals surface area (Å²) in [4.78, 5) is 23.8. The second-order valence-electron chi connectivity index (χ2n) is 4.01. The Morgan fingerprint density at radius 2 is 1.53 bits per heavy atom. The second-order valence-corrected chi connectivity index (χ2v) is 6.61. The van der Waals surface area contributed by atoms with Crippen LogP contribution in [0.5, 0.6) is 0 Å². The molecule has 0 heterocycles. The SMILES string of the molecule is CCN(CC)C(C)CCCS(=O)(=O)O.O=P(O)(O)O. The zero-order chi connectivity index (χ0) is 15.7. The molecule has 0 bridgehead atoms. The van der Waals surface area contributed by atoms with Gasteiger partial charge in [0, 0.05) is 6.04 Å². The minimum absolute atomic E-state index is 0.126. The molecule has 0 aromatic rings. The Kier molecular flexibility index (Phi) is 11.0. The Labute approximate surface area is 114 Å². The first-order chi connectivity index (χ1) is 8.40. The van der Waals surface area contributed by atoms with Gasteiger partial charge in [0.15, 0.2) is 0 Å². The van der Waals surface area contributed by atoms with Crippen molar-refractivity contribution in [1.82, 2.24) is 4.90 Å². The largest absolute Gasteiger partial charge is 0.466 e. The van der Waals surface area contributed by atoms with E-state index in [1.807, 2.05) is 0 Å². The summed E-state index contributed by atoms with van der Waals surface area (Å²) < 4.78 is 38.4. The summed E-state index contributed by atoms with van der Waals surface area (Å²) in [5.74, 6) is -0.126. The normalized spacial score (nSPS) is 13.9. The second kappa shape index (κ2) is 9.82. The summed E-state index contributed by atoms with van der Waals surface area (Å²) in [5, 5.41) is 0. The summed E-state index contributed by atoms with van der Waals surface area (Å²) in [6, 6.07) is 0.381. The molecule has 118 valence electrons. The van der Waals surface area contributed by atoms with Crippen molar-refractivity contribution in [2.24, 2.45) is 0 Å². The van der Waals surface area contributed by atoms with Crippen LogP contribution in [-0.4, -0.2) is 57.4 Å². The van der Waals surface area contributed by atoms with Crippen LogP contribution in [0.1, 0.15) is 33.6 Å². The molecule has 0 spiro atoms. The fourth-order valence-electron chi connectivity index (χ4n) is 1.59. The lowest BCUT2D eigenvalue weighted by Gasteiger charge is -2.26. The monoisotopic (exact) mass is 321 g/mol. The van der Waals surface area contributed by atoms with E-state index in [9.17, 15) is 8.42 Å². The fourth-order valence-corrected chi connectivity index (χ4v) is 2.12. The van der Waals surface area contributed by atoms with Gasteiger partial charge in [0.25, 0.3) is 10.1 Å². The summed E-state index contributed by atoms with van der Waals surface area (Å²) in [6.07, 6.45) is 1.33. The maximum atomic E-state index is 10.5. The maximum Gasteiger partial charge on any atom is 0.466 e. The average Bonchev–Trinajstić information content (AvgIpc) is 2.14. The average molecular weight is 321 g/mol. The minimum Gasteiger partial charge on any atom is -0.303 e. The van der Waals surface area contributed by atoms with Crippen LogP contribution >= 0.6 is 7.82 Å². The van der Waals surface area contributed by atoms with Gasteiger partial charge < -0.3 is 19.6 Å². The quantitative estimate of drug-likeness (QED) is 0.392. The van der Waals surface area contributed by atoms with Crippen LogP contribution in [0.3, 0.4) is 0 Å². The molecule has 0 aliphatic rings. The van der Waals surface area contributed by atoms with E-state index in [1.165, 1.54) is 0 Å². The van der Waals surface area contributed by atoms with Gasteiger partial charge >= 0.3 is 7.82 Å². The van der Waals surface area contributed by atoms with Crippen molar-refractivity contribution in [3.05, 3.63) is 0 Å². The molecule has 0 amide bonds. The standard InChI is InChI=1S/C9H21NO3S.H3O4P/c1-4-10(5-2)9(3)7-6-8-14(11,12)13;1-5(2,3)4/h9H,4-8H2,1-3H3,(H,11,12,13);(H3,1,2,3,4). The summed E-state index contributed by atoms with van der Waals surface area (Å²) >= 11 is 0. The van der Waals surface area contributed by atoms with E-state index in [-0.39, 0.29) is 5.75 Å². The summed E-state index contributed by atoms with van der Waals surface area (Å²) in [7, 11) is -8.42. The molecule has 0 aromatic carbocycles. The highest BCUT2D eigenvalue weighted by atomic mass is 32.2. The lowest BCUT2D eigenvalue weighted by molar-refractivity contribution is 0.220. The van der Waals surface area contributed by atoms with Crippen molar-refractivity contribution in [3.8, 4) is 0 Å². The number of hydrogen-bond acceptors (Lipinski definition) is 4. The van der Waals surface area contributed by atoms with Gasteiger partial charge in [-0.15, -0.1) is 0 Å². The Bertz CT molecular complexity index is 354. The van der Waals surface area contributed by atoms with E-state index in [0.29, 0.717) is 12.5 Å². The van der Waals surface area contributed by atoms with Crippen molar-refractivity contribution in [2.75, 3.05) is 18.8 Å². The van der Waals surface area contributed by atoms with E-state index in [0.717, 1.165) is 19.5 Å². The lowest BCUT2D eigenvalue weighted by atomic mass is 10.1. The molecule has 19 heavy (non-hydrogen) atoms. The van der Waals surface area contributed by atoms with E-state index in [2.05, 4.69) is 25.7 Å². The van der Waals surface area contributed by atoms with Gasteiger partial charge in [0.2, 0.25) is 0 Å². The Morgan fingerprint density at radius 1 is 1.16 bits per heavy atom. The molecule has 1 unspecified atom stereocenters. The third kappa shape index (κ3) is 20.5. The van der Waals surface area contributed by atoms with Crippen molar-refractivity contribution in [3.63, 3.8) is 0 Å². The van der Waals surface area contributed by atoms with Crippen LogP contribution in [0.4, 0.5) is 0 Å². The highest BCUT2D eigenvalue weighted by Crippen LogP contribution is 2.25. The van der Waals surface area contributed by atoms with E-state index in [1.54, 1.807) is 0 Å². The number of nitrogens with zero attached hydrogens (tertiary/aromatic N) is 1. The molecule has 0 aliphatic carbocycles. The Hall–Kier alpha value is -0.0200. The molecule has 0 saturated carbocycles. The van der Waals surface area contributed by atoms with Crippen LogP contribution in [0.2, 0.25) is 0 Å². The zero-order valence-electron chi connectivity index (χ0n) is 11.4. The van der Waals surface area contributed by atoms with Crippen molar-refractivity contribution >= 4 is 17.9 Å². The highest BCUT2D eigenvalue weighted by Gasteiger charge is 2.11. The molecule has 0 saturated heterocycles. The minimum atomic E-state index is -4.64. The maximum absolute atomic E-state index is 10.5. The molecule has 4 N–H and O–H groups in total. The first-order valence-electron chi connectivity index (χ1n) is 5.88. The van der Waals surface area contributed by atoms with E-state index in [4.69, 9.17) is 23.8 Å². The smallest absolute Gasteiger partial charge is 0.303 e. The number of hydrogen-bond donors (Lipinski definition) is 4. The molecule has 0 aromatic heterocycles. The predicted molar refractivity (Wildman–Crippen MR) is 72.3 cm³/mol. The third-order valence-corrected chi connectivity index (χ3v) is 3.26. The molecule has 0 aliphatic heterocycles. The first kappa shape index (κ1) is 21.3. The van der Waals surface area contributed by atoms with Gasteiger partial charge in [-0.2, -0.15) is 8.42 Å². The lowest BCUT2D eigenvalue weighted by Crippen LogP contribution is -2.32. The molecule has 0 fully saturated rings. The van der Waals surface area contributed by atoms with Crippen LogP contribution < -0.4 is 0 Å². The molecule has 0 radical (unpaired) electrons. The van der Waals surface area contributed by atoms with Gasteiger partial charge in [0.1, 0.15) is 0 Å². The topological polar surface area (TPSA) is 135 Å². The Morgan fingerprint density at radius 3 is 1.79 bits per heavy atom. The molecule has 1 atom stereocenters. The van der Waals surface area contributed by atoms with Crippen molar-refractivity contribution < 1.29 is 32.2 Å². The first-order valence-corrected chi connectivity index (χ1v) is 9.05. The van der Waals surface area contributed by atoms with E-state index < -0.39 is 17.9 Å². The molecular weight excluding hydrogens is 297 g/mol. The number of rotatable bonds is 7. The zero-order valence-corrected chi connectivity index (χ0v) is 13.1. The Balaban J connectivity index is 0. The van der Waals surface area contributed by atoms with Crippen LogP contribution in [0, 0.1) is 0 Å². The van der Waals surface area contributed by atoms with Crippen molar-refractivity contribution in [2.45, 2.75) is 39.7 Å². The van der Waals surface area contributed by atoms with Crippen molar-refractivity contribution in [1.29, 1.82) is 0 Å². The van der Waals surface area contributed by atoms with E-state index >= 15 is 0 Å².